The second kappa shape index (κ2) is 9.04. The Morgan fingerprint density at radius 3 is 0.909 bits per heavy atom. The van der Waals surface area contributed by atoms with E-state index >= 15 is 0 Å². The van der Waals surface area contributed by atoms with Gasteiger partial charge in [-0.2, -0.15) is 0 Å². The Hall–Kier alpha value is -4.32. The molecule has 0 saturated heterocycles. The molecule has 3 N–H and O–H groups in total. The van der Waals surface area contributed by atoms with Gasteiger partial charge in [-0.1, -0.05) is 0 Å². The van der Waals surface area contributed by atoms with Gasteiger partial charge in [0, 0.05) is 18.2 Å². The molecule has 6 nitrogen and oxygen atoms in total. The lowest BCUT2D eigenvalue weighted by molar-refractivity contribution is 0.433. The number of ether oxygens (including phenoxy) is 3. The molecule has 0 spiro atoms. The second-order valence-corrected chi connectivity index (χ2v) is 7.79. The van der Waals surface area contributed by atoms with E-state index in [2.05, 4.69) is 0 Å². The molecule has 0 radical (unpaired) electrons. The van der Waals surface area contributed by atoms with Crippen LogP contribution in [-0.4, -0.2) is 15.3 Å². The van der Waals surface area contributed by atoms with Crippen LogP contribution in [0.15, 0.2) is 72.8 Å². The molecule has 6 heteroatoms. The summed E-state index contributed by atoms with van der Waals surface area (Å²) in [4.78, 5) is 0. The number of benzene rings is 4. The zero-order valence-electron chi connectivity index (χ0n) is 18.5. The van der Waals surface area contributed by atoms with Crippen molar-refractivity contribution in [2.75, 3.05) is 0 Å². The number of aryl methyl sites for hydroxylation is 3. The van der Waals surface area contributed by atoms with Gasteiger partial charge in [0.1, 0.15) is 51.7 Å². The Labute approximate surface area is 191 Å². The van der Waals surface area contributed by atoms with Crippen LogP contribution in [0.3, 0.4) is 0 Å². The molecular weight excluding hydrogens is 420 g/mol. The highest BCUT2D eigenvalue weighted by molar-refractivity contribution is 5.49. The van der Waals surface area contributed by atoms with E-state index in [1.807, 2.05) is 0 Å². The zero-order chi connectivity index (χ0) is 23.5. The van der Waals surface area contributed by atoms with E-state index in [9.17, 15) is 15.3 Å². The molecule has 0 aliphatic carbocycles. The monoisotopic (exact) mass is 444 g/mol. The molecule has 0 amide bonds. The number of phenolic OH excluding ortho intramolecular Hbond substituents is 3. The average Bonchev–Trinajstić information content (AvgIpc) is 2.76. The van der Waals surface area contributed by atoms with E-state index in [1.165, 1.54) is 0 Å². The molecule has 0 saturated carbocycles. The van der Waals surface area contributed by atoms with Crippen molar-refractivity contribution >= 4 is 0 Å². The van der Waals surface area contributed by atoms with Gasteiger partial charge in [-0.05, 0) is 92.1 Å². The van der Waals surface area contributed by atoms with Crippen molar-refractivity contribution in [1.29, 1.82) is 0 Å². The maximum atomic E-state index is 9.78. The van der Waals surface area contributed by atoms with Crippen LogP contribution in [0.5, 0.6) is 51.7 Å². The highest BCUT2D eigenvalue weighted by atomic mass is 16.5. The van der Waals surface area contributed by atoms with Crippen LogP contribution in [0.2, 0.25) is 0 Å². The van der Waals surface area contributed by atoms with Crippen molar-refractivity contribution in [1.82, 2.24) is 0 Å². The van der Waals surface area contributed by atoms with Crippen LogP contribution >= 0.6 is 0 Å². The molecule has 168 valence electrons. The van der Waals surface area contributed by atoms with Gasteiger partial charge in [-0.3, -0.25) is 0 Å². The third-order valence-corrected chi connectivity index (χ3v) is 5.07. The fourth-order valence-electron chi connectivity index (χ4n) is 3.20. The van der Waals surface area contributed by atoms with Crippen LogP contribution in [-0.2, 0) is 0 Å². The highest BCUT2D eigenvalue weighted by Gasteiger charge is 2.10. The van der Waals surface area contributed by atoms with Gasteiger partial charge >= 0.3 is 0 Å². The first-order valence-corrected chi connectivity index (χ1v) is 10.3. The SMILES string of the molecule is Cc1cc(Oc2cc(Oc3ccc(O)c(C)c3)cc(Oc3ccc(O)c(C)c3)c2)ccc1O. The molecule has 0 fully saturated rings. The summed E-state index contributed by atoms with van der Waals surface area (Å²) in [7, 11) is 0. The third-order valence-electron chi connectivity index (χ3n) is 5.07. The summed E-state index contributed by atoms with van der Waals surface area (Å²) < 4.78 is 18.0. The van der Waals surface area contributed by atoms with Crippen LogP contribution < -0.4 is 14.2 Å². The van der Waals surface area contributed by atoms with Crippen LogP contribution in [0, 0.1) is 20.8 Å². The number of aromatic hydroxyl groups is 3. The molecule has 0 aromatic heterocycles. The highest BCUT2D eigenvalue weighted by Crippen LogP contribution is 2.37. The fourth-order valence-corrected chi connectivity index (χ4v) is 3.20. The maximum Gasteiger partial charge on any atom is 0.134 e. The standard InChI is InChI=1S/C27H24O6/c1-16-10-19(4-7-25(16)28)31-22-13-23(32-20-5-8-26(29)17(2)11-20)15-24(14-22)33-21-6-9-27(30)18(3)12-21/h4-15,28-30H,1-3H3. The molecule has 0 atom stereocenters. The molecule has 0 bridgehead atoms. The lowest BCUT2D eigenvalue weighted by Crippen LogP contribution is -1.92. The van der Waals surface area contributed by atoms with Crippen LogP contribution in [0.4, 0.5) is 0 Å². The predicted octanol–water partition coefficient (Wildman–Crippen LogP) is 7.11. The molecule has 0 unspecified atom stereocenters. The van der Waals surface area contributed by atoms with Gasteiger partial charge in [-0.15, -0.1) is 0 Å². The van der Waals surface area contributed by atoms with Gasteiger partial charge in [-0.25, -0.2) is 0 Å². The number of phenols is 3. The zero-order valence-corrected chi connectivity index (χ0v) is 18.5. The van der Waals surface area contributed by atoms with E-state index in [4.69, 9.17) is 14.2 Å². The van der Waals surface area contributed by atoms with E-state index in [-0.39, 0.29) is 17.2 Å². The normalized spacial score (nSPS) is 10.6. The summed E-state index contributed by atoms with van der Waals surface area (Å²) in [6.45, 7) is 5.36. The Kier molecular flexibility index (Phi) is 6.00. The Balaban J connectivity index is 1.68. The van der Waals surface area contributed by atoms with E-state index in [0.717, 1.165) is 0 Å². The van der Waals surface area contributed by atoms with E-state index in [1.54, 1.807) is 93.6 Å². The van der Waals surface area contributed by atoms with E-state index in [0.29, 0.717) is 51.2 Å². The minimum atomic E-state index is 0.189. The van der Waals surface area contributed by atoms with Crippen molar-refractivity contribution in [2.24, 2.45) is 0 Å². The third kappa shape index (κ3) is 5.30. The molecule has 0 aliphatic rings. The number of rotatable bonds is 6. The van der Waals surface area contributed by atoms with Crippen molar-refractivity contribution in [3.05, 3.63) is 89.5 Å². The van der Waals surface area contributed by atoms with Crippen LogP contribution in [0.25, 0.3) is 0 Å². The molecule has 0 aliphatic heterocycles. The minimum Gasteiger partial charge on any atom is -0.508 e. The van der Waals surface area contributed by atoms with Gasteiger partial charge < -0.3 is 29.5 Å². The lowest BCUT2D eigenvalue weighted by atomic mass is 10.2. The summed E-state index contributed by atoms with van der Waals surface area (Å²) in [6, 6.07) is 20.1. The first kappa shape index (κ1) is 21.9. The first-order valence-electron chi connectivity index (χ1n) is 10.3. The summed E-state index contributed by atoms with van der Waals surface area (Å²) >= 11 is 0. The van der Waals surface area contributed by atoms with Crippen molar-refractivity contribution in [3.8, 4) is 51.7 Å². The summed E-state index contributed by atoms with van der Waals surface area (Å²) in [5, 5.41) is 29.3. The quantitative estimate of drug-likeness (QED) is 0.294. The van der Waals surface area contributed by atoms with Crippen molar-refractivity contribution in [2.45, 2.75) is 20.8 Å². The largest absolute Gasteiger partial charge is 0.508 e. The van der Waals surface area contributed by atoms with Crippen molar-refractivity contribution in [3.63, 3.8) is 0 Å². The molecular formula is C27H24O6. The van der Waals surface area contributed by atoms with Gasteiger partial charge in [0.15, 0.2) is 0 Å². The van der Waals surface area contributed by atoms with Crippen molar-refractivity contribution < 1.29 is 29.5 Å². The first-order chi connectivity index (χ1) is 15.8. The summed E-state index contributed by atoms with van der Waals surface area (Å²) in [5.74, 6) is 3.63. The Morgan fingerprint density at radius 1 is 0.394 bits per heavy atom. The van der Waals surface area contributed by atoms with Gasteiger partial charge in [0.25, 0.3) is 0 Å². The molecule has 0 heterocycles. The summed E-state index contributed by atoms with van der Waals surface area (Å²) in [5.41, 5.74) is 2.07. The fraction of sp³-hybridized carbons (Fsp3) is 0.111. The molecule has 4 aromatic carbocycles. The average molecular weight is 444 g/mol. The maximum absolute atomic E-state index is 9.78. The second-order valence-electron chi connectivity index (χ2n) is 7.79. The predicted molar refractivity (Wildman–Crippen MR) is 125 cm³/mol. The smallest absolute Gasteiger partial charge is 0.134 e. The van der Waals surface area contributed by atoms with E-state index < -0.39 is 0 Å². The lowest BCUT2D eigenvalue weighted by Gasteiger charge is -2.14. The number of hydrogen-bond acceptors (Lipinski definition) is 6. The molecule has 4 aromatic rings. The molecule has 4 rings (SSSR count). The van der Waals surface area contributed by atoms with Gasteiger partial charge in [0.05, 0.1) is 0 Å². The minimum absolute atomic E-state index is 0.189. The Morgan fingerprint density at radius 2 is 0.667 bits per heavy atom. The Bertz CT molecular complexity index is 1140. The number of hydrogen-bond donors (Lipinski definition) is 3. The van der Waals surface area contributed by atoms with Crippen LogP contribution in [0.1, 0.15) is 16.7 Å². The summed E-state index contributed by atoms with van der Waals surface area (Å²) in [6.07, 6.45) is 0. The van der Waals surface area contributed by atoms with Gasteiger partial charge in [0.2, 0.25) is 0 Å². The topological polar surface area (TPSA) is 88.4 Å². The molecule has 33 heavy (non-hydrogen) atoms.